The first-order chi connectivity index (χ1) is 12.0. The number of hydrogen-bond donors (Lipinski definition) is 0. The minimum absolute atomic E-state index is 0.122. The fourth-order valence-electron chi connectivity index (χ4n) is 3.05. The molecule has 1 fully saturated rings. The fraction of sp³-hybridized carbons (Fsp3) is 0.211. The molecule has 0 atom stereocenters. The summed E-state index contributed by atoms with van der Waals surface area (Å²) in [6.07, 6.45) is 1.46. The van der Waals surface area contributed by atoms with Crippen LogP contribution in [0.5, 0.6) is 0 Å². The van der Waals surface area contributed by atoms with Crippen LogP contribution in [0, 0.1) is 0 Å². The van der Waals surface area contributed by atoms with E-state index in [1.165, 1.54) is 6.26 Å². The maximum atomic E-state index is 12.6. The van der Waals surface area contributed by atoms with E-state index in [2.05, 4.69) is 0 Å². The number of furan rings is 1. The summed E-state index contributed by atoms with van der Waals surface area (Å²) in [6, 6.07) is 16.7. The summed E-state index contributed by atoms with van der Waals surface area (Å²) >= 11 is 0. The Labute approximate surface area is 145 Å². The van der Waals surface area contributed by atoms with Gasteiger partial charge in [0.2, 0.25) is 0 Å². The summed E-state index contributed by atoms with van der Waals surface area (Å²) in [4.78, 5) is 14.2. The Morgan fingerprint density at radius 3 is 2.52 bits per heavy atom. The van der Waals surface area contributed by atoms with Gasteiger partial charge in [0.1, 0.15) is 11.5 Å². The number of likely N-dealkylation sites (tertiary alicyclic amines) is 1. The van der Waals surface area contributed by atoms with Crippen LogP contribution in [-0.4, -0.2) is 37.6 Å². The molecular weight excluding hydrogens is 338 g/mol. The number of nitrogens with zero attached hydrogens (tertiary/aromatic N) is 1. The number of carbonyl (C=O) groups is 1. The van der Waals surface area contributed by atoms with Crippen LogP contribution in [0.4, 0.5) is 0 Å². The smallest absolute Gasteiger partial charge is 0.253 e. The summed E-state index contributed by atoms with van der Waals surface area (Å²) in [7, 11) is -3.32. The molecule has 0 N–H and O–H groups in total. The number of rotatable bonds is 4. The number of benzene rings is 2. The van der Waals surface area contributed by atoms with Crippen LogP contribution in [-0.2, 0) is 15.6 Å². The second kappa shape index (κ2) is 6.04. The highest BCUT2D eigenvalue weighted by atomic mass is 32.2. The molecule has 0 radical (unpaired) electrons. The van der Waals surface area contributed by atoms with E-state index >= 15 is 0 Å². The molecule has 1 aromatic heterocycles. The summed E-state index contributed by atoms with van der Waals surface area (Å²) < 4.78 is 29.8. The van der Waals surface area contributed by atoms with Gasteiger partial charge in [0.25, 0.3) is 5.91 Å². The number of fused-ring (bicyclic) bond motifs is 1. The Balaban J connectivity index is 1.45. The van der Waals surface area contributed by atoms with Crippen molar-refractivity contribution in [3.05, 3.63) is 72.2 Å². The van der Waals surface area contributed by atoms with Gasteiger partial charge in [0, 0.05) is 18.7 Å². The highest BCUT2D eigenvalue weighted by Gasteiger charge is 2.40. The molecule has 0 spiro atoms. The van der Waals surface area contributed by atoms with Crippen LogP contribution in [0.3, 0.4) is 0 Å². The lowest BCUT2D eigenvalue weighted by molar-refractivity contribution is 0.0659. The second-order valence-electron chi connectivity index (χ2n) is 6.28. The molecule has 2 heterocycles. The lowest BCUT2D eigenvalue weighted by atomic mass is 10.0. The monoisotopic (exact) mass is 355 g/mol. The normalized spacial score (nSPS) is 15.3. The molecule has 3 aromatic rings. The van der Waals surface area contributed by atoms with Crippen molar-refractivity contribution in [3.63, 3.8) is 0 Å². The lowest BCUT2D eigenvalue weighted by Crippen LogP contribution is -2.57. The van der Waals surface area contributed by atoms with Gasteiger partial charge in [0.15, 0.2) is 9.84 Å². The third-order valence-electron chi connectivity index (χ3n) is 4.56. The second-order valence-corrected chi connectivity index (χ2v) is 8.56. The molecule has 4 rings (SSSR count). The van der Waals surface area contributed by atoms with Crippen LogP contribution in [0.1, 0.15) is 16.1 Å². The maximum absolute atomic E-state index is 12.6. The van der Waals surface area contributed by atoms with Crippen LogP contribution in [0.15, 0.2) is 65.3 Å². The summed E-state index contributed by atoms with van der Waals surface area (Å²) in [5.74, 6) is 0.178. The molecule has 0 saturated carbocycles. The maximum Gasteiger partial charge on any atom is 0.253 e. The van der Waals surface area contributed by atoms with E-state index in [0.29, 0.717) is 11.3 Å². The molecular formula is C19H17NO4S. The zero-order valence-electron chi connectivity index (χ0n) is 13.5. The predicted molar refractivity (Wildman–Crippen MR) is 95.0 cm³/mol. The molecule has 1 aliphatic heterocycles. The fourth-order valence-corrected chi connectivity index (χ4v) is 4.66. The van der Waals surface area contributed by atoms with Gasteiger partial charge < -0.3 is 9.32 Å². The van der Waals surface area contributed by atoms with Crippen molar-refractivity contribution in [3.8, 4) is 0 Å². The highest BCUT2D eigenvalue weighted by Crippen LogP contribution is 2.24. The van der Waals surface area contributed by atoms with Gasteiger partial charge >= 0.3 is 0 Å². The summed E-state index contributed by atoms with van der Waals surface area (Å²) in [5.41, 5.74) is 0.584. The third-order valence-corrected chi connectivity index (χ3v) is 6.56. The Hall–Kier alpha value is -2.60. The Bertz CT molecular complexity index is 1020. The van der Waals surface area contributed by atoms with E-state index < -0.39 is 15.1 Å². The molecule has 0 aliphatic carbocycles. The first-order valence-electron chi connectivity index (χ1n) is 8.05. The molecule has 2 aromatic carbocycles. The number of amides is 1. The highest BCUT2D eigenvalue weighted by molar-refractivity contribution is 7.91. The van der Waals surface area contributed by atoms with Crippen molar-refractivity contribution >= 4 is 26.5 Å². The quantitative estimate of drug-likeness (QED) is 0.722. The molecule has 0 unspecified atom stereocenters. The Kier molecular flexibility index (Phi) is 3.84. The van der Waals surface area contributed by atoms with Crippen LogP contribution < -0.4 is 0 Å². The van der Waals surface area contributed by atoms with E-state index in [-0.39, 0.29) is 24.7 Å². The molecule has 5 nitrogen and oxygen atoms in total. The lowest BCUT2D eigenvalue weighted by Gasteiger charge is -2.38. The van der Waals surface area contributed by atoms with Crippen LogP contribution in [0.25, 0.3) is 10.8 Å². The van der Waals surface area contributed by atoms with Crippen molar-refractivity contribution in [2.24, 2.45) is 0 Å². The largest absolute Gasteiger partial charge is 0.468 e. The van der Waals surface area contributed by atoms with Gasteiger partial charge in [-0.2, -0.15) is 0 Å². The van der Waals surface area contributed by atoms with E-state index in [1.54, 1.807) is 23.1 Å². The van der Waals surface area contributed by atoms with Crippen molar-refractivity contribution in [2.45, 2.75) is 11.0 Å². The Morgan fingerprint density at radius 2 is 1.80 bits per heavy atom. The van der Waals surface area contributed by atoms with Gasteiger partial charge in [-0.1, -0.05) is 30.3 Å². The number of hydrogen-bond acceptors (Lipinski definition) is 4. The number of carbonyl (C=O) groups excluding carboxylic acids is 1. The Morgan fingerprint density at radius 1 is 1.04 bits per heavy atom. The first-order valence-corrected chi connectivity index (χ1v) is 9.76. The molecule has 0 bridgehead atoms. The van der Waals surface area contributed by atoms with E-state index in [1.807, 2.05) is 36.4 Å². The van der Waals surface area contributed by atoms with Crippen molar-refractivity contribution in [1.82, 2.24) is 4.90 Å². The summed E-state index contributed by atoms with van der Waals surface area (Å²) in [5, 5.41) is 1.54. The van der Waals surface area contributed by atoms with Crippen molar-refractivity contribution in [2.75, 3.05) is 13.1 Å². The van der Waals surface area contributed by atoms with E-state index in [4.69, 9.17) is 4.42 Å². The first kappa shape index (κ1) is 15.9. The number of sulfone groups is 1. The topological polar surface area (TPSA) is 67.6 Å². The zero-order valence-corrected chi connectivity index (χ0v) is 14.3. The van der Waals surface area contributed by atoms with Crippen molar-refractivity contribution in [1.29, 1.82) is 0 Å². The SMILES string of the molecule is O=C(c1ccc2ccccc2c1)N1CC(S(=O)(=O)Cc2ccco2)C1. The predicted octanol–water partition coefficient (Wildman–Crippen LogP) is 2.87. The third kappa shape index (κ3) is 3.05. The summed E-state index contributed by atoms with van der Waals surface area (Å²) in [6.45, 7) is 0.462. The molecule has 1 saturated heterocycles. The van der Waals surface area contributed by atoms with Crippen LogP contribution in [0.2, 0.25) is 0 Å². The van der Waals surface area contributed by atoms with Gasteiger partial charge in [-0.15, -0.1) is 0 Å². The van der Waals surface area contributed by atoms with E-state index in [9.17, 15) is 13.2 Å². The molecule has 25 heavy (non-hydrogen) atoms. The minimum atomic E-state index is -3.32. The van der Waals surface area contributed by atoms with Gasteiger partial charge in [-0.25, -0.2) is 8.42 Å². The molecule has 6 heteroatoms. The standard InChI is InChI=1S/C19H17NO4S/c21-19(16-8-7-14-4-1-2-5-15(14)10-16)20-11-18(12-20)25(22,23)13-17-6-3-9-24-17/h1-10,18H,11-13H2. The van der Waals surface area contributed by atoms with Crippen LogP contribution >= 0.6 is 0 Å². The minimum Gasteiger partial charge on any atom is -0.468 e. The van der Waals surface area contributed by atoms with E-state index in [0.717, 1.165) is 10.8 Å². The van der Waals surface area contributed by atoms with Gasteiger partial charge in [-0.3, -0.25) is 4.79 Å². The van der Waals surface area contributed by atoms with Gasteiger partial charge in [0.05, 0.1) is 11.5 Å². The average Bonchev–Trinajstić information content (AvgIpc) is 3.04. The zero-order chi connectivity index (χ0) is 17.4. The molecule has 1 amide bonds. The molecule has 128 valence electrons. The molecule has 1 aliphatic rings. The van der Waals surface area contributed by atoms with Gasteiger partial charge in [-0.05, 0) is 35.0 Å². The average molecular weight is 355 g/mol. The van der Waals surface area contributed by atoms with Crippen molar-refractivity contribution < 1.29 is 17.6 Å².